The molecule has 24 heavy (non-hydrogen) atoms. The Morgan fingerprint density at radius 2 is 1.96 bits per heavy atom. The Hall–Kier alpha value is -1.94. The van der Waals surface area contributed by atoms with Crippen molar-refractivity contribution in [2.45, 2.75) is 16.3 Å². The molecule has 0 saturated heterocycles. The molecule has 2 heterocycles. The van der Waals surface area contributed by atoms with Crippen molar-refractivity contribution in [2.75, 3.05) is 0 Å². The fourth-order valence-electron chi connectivity index (χ4n) is 1.99. The van der Waals surface area contributed by atoms with Gasteiger partial charge in [0.15, 0.2) is 15.0 Å². The monoisotopic (exact) mass is 374 g/mol. The van der Waals surface area contributed by atoms with Gasteiger partial charge in [-0.15, -0.1) is 10.2 Å². The van der Waals surface area contributed by atoms with Crippen LogP contribution >= 0.6 is 23.1 Å². The average molecular weight is 374 g/mol. The minimum Gasteiger partial charge on any atom is -0.274 e. The largest absolute Gasteiger partial charge is 0.435 e. The third-order valence-electron chi connectivity index (χ3n) is 3.04. The molecule has 0 unspecified atom stereocenters. The number of aromatic nitrogens is 4. The SMILES string of the molecule is Cn1cc(-c2nnc(SCc3ccccc3F)s2)c(C(F)(F)F)n1. The second-order valence-electron chi connectivity index (χ2n) is 4.82. The van der Waals surface area contributed by atoms with Crippen LogP contribution in [0.4, 0.5) is 17.6 Å². The number of benzene rings is 1. The maximum Gasteiger partial charge on any atom is 0.435 e. The number of thioether (sulfide) groups is 1. The molecule has 0 aliphatic heterocycles. The lowest BCUT2D eigenvalue weighted by Gasteiger charge is -2.03. The van der Waals surface area contributed by atoms with Crippen LogP contribution < -0.4 is 0 Å². The Balaban J connectivity index is 1.81. The number of aryl methyl sites for hydroxylation is 1. The third-order valence-corrected chi connectivity index (χ3v) is 5.18. The summed E-state index contributed by atoms with van der Waals surface area (Å²) < 4.78 is 54.1. The van der Waals surface area contributed by atoms with Gasteiger partial charge in [-0.05, 0) is 11.6 Å². The van der Waals surface area contributed by atoms with Gasteiger partial charge in [0.1, 0.15) is 5.82 Å². The van der Waals surface area contributed by atoms with Gasteiger partial charge in [0.2, 0.25) is 0 Å². The molecule has 0 fully saturated rings. The Morgan fingerprint density at radius 1 is 1.21 bits per heavy atom. The summed E-state index contributed by atoms with van der Waals surface area (Å²) >= 11 is 2.24. The molecule has 0 N–H and O–H groups in total. The van der Waals surface area contributed by atoms with E-state index in [0.717, 1.165) is 16.0 Å². The van der Waals surface area contributed by atoms with Gasteiger partial charge in [-0.1, -0.05) is 41.3 Å². The summed E-state index contributed by atoms with van der Waals surface area (Å²) in [6, 6.07) is 6.31. The van der Waals surface area contributed by atoms with Gasteiger partial charge in [-0.25, -0.2) is 4.39 Å². The van der Waals surface area contributed by atoms with Gasteiger partial charge in [0.05, 0.1) is 5.56 Å². The van der Waals surface area contributed by atoms with Crippen LogP contribution in [-0.2, 0) is 19.0 Å². The first-order chi connectivity index (χ1) is 11.3. The highest BCUT2D eigenvalue weighted by Gasteiger charge is 2.38. The number of rotatable bonds is 4. The van der Waals surface area contributed by atoms with Crippen molar-refractivity contribution in [3.05, 3.63) is 47.5 Å². The zero-order chi connectivity index (χ0) is 17.3. The van der Waals surface area contributed by atoms with Crippen LogP contribution in [0.2, 0.25) is 0 Å². The fraction of sp³-hybridized carbons (Fsp3) is 0.214. The standard InChI is InChI=1S/C14H10F4N4S2/c1-22-6-9(11(21-22)14(16,17)18)12-19-20-13(24-12)23-7-8-4-2-3-5-10(8)15/h2-6H,7H2,1H3. The summed E-state index contributed by atoms with van der Waals surface area (Å²) in [4.78, 5) is 0. The van der Waals surface area contributed by atoms with Crippen LogP contribution in [0.15, 0.2) is 34.8 Å². The molecular weight excluding hydrogens is 364 g/mol. The highest BCUT2D eigenvalue weighted by Crippen LogP contribution is 2.38. The third kappa shape index (κ3) is 3.59. The van der Waals surface area contributed by atoms with E-state index in [9.17, 15) is 17.6 Å². The van der Waals surface area contributed by atoms with Crippen molar-refractivity contribution < 1.29 is 17.6 Å². The lowest BCUT2D eigenvalue weighted by molar-refractivity contribution is -0.140. The molecule has 126 valence electrons. The Kier molecular flexibility index (Phi) is 4.59. The molecule has 10 heteroatoms. The topological polar surface area (TPSA) is 43.6 Å². The van der Waals surface area contributed by atoms with Gasteiger partial charge in [0, 0.05) is 19.0 Å². The van der Waals surface area contributed by atoms with E-state index in [-0.39, 0.29) is 16.4 Å². The lowest BCUT2D eigenvalue weighted by Crippen LogP contribution is -2.08. The molecule has 1 aromatic carbocycles. The molecule has 2 aromatic heterocycles. The van der Waals surface area contributed by atoms with Crippen LogP contribution in [0.25, 0.3) is 10.6 Å². The van der Waals surface area contributed by atoms with Crippen molar-refractivity contribution in [3.8, 4) is 10.6 Å². The predicted octanol–water partition coefficient (Wildman–Crippen LogP) is 4.39. The van der Waals surface area contributed by atoms with Gasteiger partial charge in [-0.3, -0.25) is 4.68 Å². The minimum absolute atomic E-state index is 0.111. The first-order valence-corrected chi connectivity index (χ1v) is 8.45. The van der Waals surface area contributed by atoms with Gasteiger partial charge < -0.3 is 0 Å². The van der Waals surface area contributed by atoms with Crippen LogP contribution in [0, 0.1) is 5.82 Å². The highest BCUT2D eigenvalue weighted by molar-refractivity contribution is 8.00. The summed E-state index contributed by atoms with van der Waals surface area (Å²) in [6.07, 6.45) is -3.31. The number of hydrogen-bond donors (Lipinski definition) is 0. The number of hydrogen-bond acceptors (Lipinski definition) is 5. The van der Waals surface area contributed by atoms with Crippen molar-refractivity contribution in [3.63, 3.8) is 0 Å². The number of nitrogens with zero attached hydrogens (tertiary/aromatic N) is 4. The fourth-order valence-corrected chi connectivity index (χ4v) is 3.84. The summed E-state index contributed by atoms with van der Waals surface area (Å²) in [6.45, 7) is 0. The average Bonchev–Trinajstić information content (AvgIpc) is 3.12. The normalized spacial score (nSPS) is 11.9. The summed E-state index contributed by atoms with van der Waals surface area (Å²) in [5.74, 6) is -0.0122. The minimum atomic E-state index is -4.57. The molecule has 0 radical (unpaired) electrons. The Bertz CT molecular complexity index is 857. The smallest absolute Gasteiger partial charge is 0.274 e. The Labute approximate surface area is 142 Å². The molecule has 0 aliphatic carbocycles. The van der Waals surface area contributed by atoms with Crippen molar-refractivity contribution in [1.29, 1.82) is 0 Å². The summed E-state index contributed by atoms with van der Waals surface area (Å²) in [7, 11) is 1.41. The number of alkyl halides is 3. The van der Waals surface area contributed by atoms with E-state index >= 15 is 0 Å². The molecule has 4 nitrogen and oxygen atoms in total. The molecule has 0 amide bonds. The highest BCUT2D eigenvalue weighted by atomic mass is 32.2. The molecule has 3 rings (SSSR count). The van der Waals surface area contributed by atoms with Crippen LogP contribution in [0.1, 0.15) is 11.3 Å². The van der Waals surface area contributed by atoms with E-state index in [2.05, 4.69) is 15.3 Å². The van der Waals surface area contributed by atoms with E-state index in [4.69, 9.17) is 0 Å². The van der Waals surface area contributed by atoms with Crippen LogP contribution in [-0.4, -0.2) is 20.0 Å². The molecule has 0 spiro atoms. The predicted molar refractivity (Wildman–Crippen MR) is 83.1 cm³/mol. The van der Waals surface area contributed by atoms with Gasteiger partial charge >= 0.3 is 6.18 Å². The van der Waals surface area contributed by atoms with Crippen LogP contribution in [0.3, 0.4) is 0 Å². The van der Waals surface area contributed by atoms with Gasteiger partial charge in [0.25, 0.3) is 0 Å². The molecular formula is C14H10F4N4S2. The maximum absolute atomic E-state index is 13.6. The first-order valence-electron chi connectivity index (χ1n) is 6.65. The molecule has 3 aromatic rings. The number of halogens is 4. The molecule has 0 aliphatic rings. The van der Waals surface area contributed by atoms with Crippen molar-refractivity contribution in [1.82, 2.24) is 20.0 Å². The molecule has 0 saturated carbocycles. The van der Waals surface area contributed by atoms with Crippen molar-refractivity contribution >= 4 is 23.1 Å². The van der Waals surface area contributed by atoms with E-state index < -0.39 is 11.9 Å². The second-order valence-corrected chi connectivity index (χ2v) is 7.02. The summed E-state index contributed by atoms with van der Waals surface area (Å²) in [5.41, 5.74) is -0.608. The van der Waals surface area contributed by atoms with Crippen molar-refractivity contribution in [2.24, 2.45) is 7.05 Å². The quantitative estimate of drug-likeness (QED) is 0.502. The molecule has 0 bridgehead atoms. The zero-order valence-electron chi connectivity index (χ0n) is 12.2. The first kappa shape index (κ1) is 16.9. The summed E-state index contributed by atoms with van der Waals surface area (Å²) in [5, 5.41) is 11.3. The maximum atomic E-state index is 13.6. The lowest BCUT2D eigenvalue weighted by atomic mass is 10.2. The van der Waals surface area contributed by atoms with Gasteiger partial charge in [-0.2, -0.15) is 18.3 Å². The Morgan fingerprint density at radius 3 is 2.67 bits per heavy atom. The van der Waals surface area contributed by atoms with E-state index in [1.54, 1.807) is 18.2 Å². The van der Waals surface area contributed by atoms with E-state index in [1.165, 1.54) is 31.1 Å². The second kappa shape index (κ2) is 6.52. The van der Waals surface area contributed by atoms with E-state index in [1.807, 2.05) is 0 Å². The van der Waals surface area contributed by atoms with E-state index in [0.29, 0.717) is 15.7 Å². The van der Waals surface area contributed by atoms with Crippen LogP contribution in [0.5, 0.6) is 0 Å². The zero-order valence-corrected chi connectivity index (χ0v) is 13.8. The molecule has 0 atom stereocenters.